The van der Waals surface area contributed by atoms with E-state index in [9.17, 15) is 4.21 Å². The third kappa shape index (κ3) is 2.73. The van der Waals surface area contributed by atoms with Gasteiger partial charge in [-0.25, -0.2) is 8.51 Å². The van der Waals surface area contributed by atoms with E-state index in [0.717, 1.165) is 31.8 Å². The van der Waals surface area contributed by atoms with Crippen molar-refractivity contribution < 1.29 is 4.21 Å². The monoisotopic (exact) mass is 195 g/mol. The zero-order valence-electron chi connectivity index (χ0n) is 6.75. The fraction of sp³-hybridized carbons (Fsp3) is 1.00. The van der Waals surface area contributed by atoms with Crippen molar-refractivity contribution in [1.82, 2.24) is 4.31 Å². The predicted octanol–water partition coefficient (Wildman–Crippen LogP) is 1.58. The zero-order chi connectivity index (χ0) is 8.27. The molecule has 1 atom stereocenters. The molecule has 0 aromatic carbocycles. The van der Waals surface area contributed by atoms with Crippen LogP contribution >= 0.6 is 11.6 Å². The summed E-state index contributed by atoms with van der Waals surface area (Å²) in [4.78, 5) is 0. The molecule has 0 radical (unpaired) electrons. The standard InChI is InChI=1S/C7H14ClNOS/c1-7-2-4-9(5-3-7)11(10)6-8/h7H,2-6H2,1H3. The summed E-state index contributed by atoms with van der Waals surface area (Å²) in [5.41, 5.74) is 0. The number of piperidine rings is 1. The molecule has 1 rings (SSSR count). The fourth-order valence-electron chi connectivity index (χ4n) is 1.26. The molecule has 4 heteroatoms. The lowest BCUT2D eigenvalue weighted by Gasteiger charge is -2.28. The van der Waals surface area contributed by atoms with Crippen LogP contribution < -0.4 is 0 Å². The quantitative estimate of drug-likeness (QED) is 0.613. The number of hydrogen-bond acceptors (Lipinski definition) is 1. The Morgan fingerprint density at radius 3 is 2.55 bits per heavy atom. The summed E-state index contributed by atoms with van der Waals surface area (Å²) >= 11 is 5.48. The number of rotatable bonds is 2. The van der Waals surface area contributed by atoms with Crippen LogP contribution in [0.5, 0.6) is 0 Å². The van der Waals surface area contributed by atoms with Gasteiger partial charge >= 0.3 is 0 Å². The molecule has 0 aromatic rings. The Hall–Kier alpha value is 0.400. The third-order valence-corrected chi connectivity index (χ3v) is 3.81. The second kappa shape index (κ2) is 4.43. The van der Waals surface area contributed by atoms with Crippen LogP contribution in [0.4, 0.5) is 0 Å². The Morgan fingerprint density at radius 2 is 2.09 bits per heavy atom. The van der Waals surface area contributed by atoms with E-state index in [4.69, 9.17) is 11.6 Å². The highest BCUT2D eigenvalue weighted by molar-refractivity contribution is 7.83. The van der Waals surface area contributed by atoms with Gasteiger partial charge in [-0.2, -0.15) is 0 Å². The second-order valence-corrected chi connectivity index (χ2v) is 5.07. The fourth-order valence-corrected chi connectivity index (χ4v) is 2.43. The maximum atomic E-state index is 11.2. The normalized spacial score (nSPS) is 25.3. The number of hydrogen-bond donors (Lipinski definition) is 0. The van der Waals surface area contributed by atoms with Crippen LogP contribution in [0.15, 0.2) is 0 Å². The van der Waals surface area contributed by atoms with Crippen LogP contribution in [0, 0.1) is 5.92 Å². The Morgan fingerprint density at radius 1 is 1.55 bits per heavy atom. The van der Waals surface area contributed by atoms with E-state index in [1.807, 2.05) is 4.31 Å². The van der Waals surface area contributed by atoms with Gasteiger partial charge in [0.1, 0.15) is 16.2 Å². The van der Waals surface area contributed by atoms with E-state index in [-0.39, 0.29) is 5.21 Å². The summed E-state index contributed by atoms with van der Waals surface area (Å²) in [6, 6.07) is 0. The van der Waals surface area contributed by atoms with Gasteiger partial charge in [0.2, 0.25) is 0 Å². The van der Waals surface area contributed by atoms with E-state index in [0.29, 0.717) is 0 Å². The smallest absolute Gasteiger partial charge is 0.113 e. The van der Waals surface area contributed by atoms with E-state index >= 15 is 0 Å². The maximum Gasteiger partial charge on any atom is 0.113 e. The Balaban J connectivity index is 2.33. The topological polar surface area (TPSA) is 20.3 Å². The van der Waals surface area contributed by atoms with Crippen molar-refractivity contribution in [2.24, 2.45) is 5.92 Å². The molecular formula is C7H14ClNOS. The summed E-state index contributed by atoms with van der Waals surface area (Å²) in [7, 11) is -0.930. The third-order valence-electron chi connectivity index (χ3n) is 2.12. The molecule has 1 saturated heterocycles. The SMILES string of the molecule is CC1CCN(S(=O)CCl)CC1. The molecule has 0 aromatic heterocycles. The summed E-state index contributed by atoms with van der Waals surface area (Å²) in [5, 5.41) is 0.244. The van der Waals surface area contributed by atoms with Crippen LogP contribution in [-0.2, 0) is 11.0 Å². The van der Waals surface area contributed by atoms with Gasteiger partial charge in [-0.3, -0.25) is 0 Å². The lowest BCUT2D eigenvalue weighted by molar-refractivity contribution is 0.300. The van der Waals surface area contributed by atoms with E-state index in [1.165, 1.54) is 0 Å². The van der Waals surface area contributed by atoms with Crippen LogP contribution in [0.2, 0.25) is 0 Å². The average molecular weight is 196 g/mol. The van der Waals surface area contributed by atoms with Crippen LogP contribution in [-0.4, -0.2) is 26.8 Å². The van der Waals surface area contributed by atoms with E-state index in [1.54, 1.807) is 0 Å². The summed E-state index contributed by atoms with van der Waals surface area (Å²) in [6.45, 7) is 4.13. The molecule has 2 nitrogen and oxygen atoms in total. The summed E-state index contributed by atoms with van der Waals surface area (Å²) in [6.07, 6.45) is 2.31. The molecule has 1 aliphatic heterocycles. The molecule has 0 saturated carbocycles. The molecule has 0 spiro atoms. The molecule has 1 unspecified atom stereocenters. The summed E-state index contributed by atoms with van der Waals surface area (Å²) in [5.74, 6) is 0.790. The molecule has 0 bridgehead atoms. The van der Waals surface area contributed by atoms with Crippen molar-refractivity contribution in [2.45, 2.75) is 19.8 Å². The largest absolute Gasteiger partial charge is 0.241 e. The van der Waals surface area contributed by atoms with Crippen molar-refractivity contribution >= 4 is 22.6 Å². The van der Waals surface area contributed by atoms with Gasteiger partial charge in [0.15, 0.2) is 0 Å². The maximum absolute atomic E-state index is 11.2. The highest BCUT2D eigenvalue weighted by atomic mass is 35.5. The van der Waals surface area contributed by atoms with Crippen LogP contribution in [0.25, 0.3) is 0 Å². The molecule has 1 aliphatic rings. The van der Waals surface area contributed by atoms with E-state index < -0.39 is 11.0 Å². The Kier molecular flexibility index (Phi) is 3.82. The Bertz CT molecular complexity index is 145. The second-order valence-electron chi connectivity index (χ2n) is 3.04. The molecule has 0 aliphatic carbocycles. The minimum atomic E-state index is -0.930. The Labute approximate surface area is 75.5 Å². The first-order chi connectivity index (χ1) is 5.24. The minimum absolute atomic E-state index is 0.244. The van der Waals surface area contributed by atoms with Gasteiger partial charge in [0, 0.05) is 13.1 Å². The number of nitrogens with zero attached hydrogens (tertiary/aromatic N) is 1. The molecule has 11 heavy (non-hydrogen) atoms. The highest BCUT2D eigenvalue weighted by Crippen LogP contribution is 2.17. The molecule has 1 fully saturated rings. The van der Waals surface area contributed by atoms with Gasteiger partial charge in [-0.1, -0.05) is 6.92 Å². The van der Waals surface area contributed by atoms with Gasteiger partial charge in [-0.05, 0) is 18.8 Å². The first kappa shape index (κ1) is 9.49. The molecule has 1 heterocycles. The van der Waals surface area contributed by atoms with Crippen LogP contribution in [0.3, 0.4) is 0 Å². The molecule has 0 N–H and O–H groups in total. The minimum Gasteiger partial charge on any atom is -0.241 e. The molecule has 66 valence electrons. The van der Waals surface area contributed by atoms with Gasteiger partial charge in [0.25, 0.3) is 0 Å². The van der Waals surface area contributed by atoms with Crippen molar-refractivity contribution in [3.63, 3.8) is 0 Å². The highest BCUT2D eigenvalue weighted by Gasteiger charge is 2.19. The number of halogens is 1. The lowest BCUT2D eigenvalue weighted by Crippen LogP contribution is -2.34. The zero-order valence-corrected chi connectivity index (χ0v) is 8.33. The molecule has 0 amide bonds. The van der Waals surface area contributed by atoms with Gasteiger partial charge in [-0.15, -0.1) is 11.6 Å². The van der Waals surface area contributed by atoms with Crippen molar-refractivity contribution in [1.29, 1.82) is 0 Å². The van der Waals surface area contributed by atoms with Crippen LogP contribution in [0.1, 0.15) is 19.8 Å². The van der Waals surface area contributed by atoms with Crippen molar-refractivity contribution in [2.75, 3.05) is 18.3 Å². The number of alkyl halides is 1. The summed E-state index contributed by atoms with van der Waals surface area (Å²) < 4.78 is 13.1. The predicted molar refractivity (Wildman–Crippen MR) is 48.8 cm³/mol. The van der Waals surface area contributed by atoms with Crippen molar-refractivity contribution in [3.05, 3.63) is 0 Å². The average Bonchev–Trinajstić information content (AvgIpc) is 2.05. The van der Waals surface area contributed by atoms with E-state index in [2.05, 4.69) is 6.92 Å². The van der Waals surface area contributed by atoms with Gasteiger partial charge in [0.05, 0.1) is 0 Å². The first-order valence-corrected chi connectivity index (χ1v) is 5.74. The first-order valence-electron chi connectivity index (χ1n) is 3.93. The van der Waals surface area contributed by atoms with Crippen molar-refractivity contribution in [3.8, 4) is 0 Å². The lowest BCUT2D eigenvalue weighted by atomic mass is 10.0. The van der Waals surface area contributed by atoms with Gasteiger partial charge < -0.3 is 0 Å². The molecular weight excluding hydrogens is 182 g/mol.